The minimum Gasteiger partial charge on any atom is -0.455 e. The van der Waals surface area contributed by atoms with E-state index in [1.807, 2.05) is 52.1 Å². The number of esters is 1. The van der Waals surface area contributed by atoms with E-state index in [-0.39, 0.29) is 54.8 Å². The Kier molecular flexibility index (Phi) is 13.5. The van der Waals surface area contributed by atoms with Crippen LogP contribution in [0.2, 0.25) is 0 Å². The molecule has 0 radical (unpaired) electrons. The number of epoxide rings is 1. The lowest BCUT2D eigenvalue weighted by molar-refractivity contribution is -0.201. The normalized spacial score (nSPS) is 33.6. The molecule has 250 valence electrons. The van der Waals surface area contributed by atoms with Crippen molar-refractivity contribution >= 4 is 12.1 Å². The van der Waals surface area contributed by atoms with Gasteiger partial charge in [-0.25, -0.2) is 9.59 Å². The van der Waals surface area contributed by atoms with Crippen LogP contribution in [0.5, 0.6) is 0 Å². The van der Waals surface area contributed by atoms with E-state index in [4.69, 9.17) is 14.2 Å². The predicted molar refractivity (Wildman–Crippen MR) is 169 cm³/mol. The molecule has 0 bridgehead atoms. The van der Waals surface area contributed by atoms with Gasteiger partial charge in [0.05, 0.1) is 12.2 Å². The van der Waals surface area contributed by atoms with Gasteiger partial charge in [0.1, 0.15) is 12.2 Å². The van der Waals surface area contributed by atoms with E-state index < -0.39 is 30.1 Å². The fourth-order valence-corrected chi connectivity index (χ4v) is 5.95. The largest absolute Gasteiger partial charge is 0.455 e. The van der Waals surface area contributed by atoms with Crippen LogP contribution in [0.25, 0.3) is 0 Å². The summed E-state index contributed by atoms with van der Waals surface area (Å²) in [7, 11) is 2.04. The van der Waals surface area contributed by atoms with Crippen LogP contribution in [0.15, 0.2) is 36.0 Å². The molecule has 0 aromatic rings. The first-order valence-corrected chi connectivity index (χ1v) is 16.4. The molecule has 2 saturated heterocycles. The molecule has 0 saturated carbocycles. The molecule has 2 fully saturated rings. The van der Waals surface area contributed by atoms with Gasteiger partial charge in [-0.2, -0.15) is 0 Å². The highest BCUT2D eigenvalue weighted by molar-refractivity contribution is 5.74. The molecular weight excluding hydrogens is 564 g/mol. The van der Waals surface area contributed by atoms with Crippen molar-refractivity contribution in [3.8, 4) is 0 Å². The van der Waals surface area contributed by atoms with Crippen molar-refractivity contribution in [1.82, 2.24) is 9.80 Å². The van der Waals surface area contributed by atoms with Crippen LogP contribution in [-0.2, 0) is 19.0 Å². The van der Waals surface area contributed by atoms with Gasteiger partial charge in [0.2, 0.25) is 0 Å². The number of carbonyl (C=O) groups excluding carboxylic acids is 2. The van der Waals surface area contributed by atoms with Crippen LogP contribution < -0.4 is 0 Å². The molecule has 3 heterocycles. The number of amides is 1. The number of nitrogens with zero attached hydrogens (tertiary/aromatic N) is 2. The molecule has 3 aliphatic heterocycles. The summed E-state index contributed by atoms with van der Waals surface area (Å²) in [4.78, 5) is 29.7. The van der Waals surface area contributed by atoms with Crippen molar-refractivity contribution in [2.24, 2.45) is 23.7 Å². The number of aliphatic hydroxyl groups is 3. The molecule has 1 amide bonds. The summed E-state index contributed by atoms with van der Waals surface area (Å²) in [5.74, 6) is -2.76. The second kappa shape index (κ2) is 16.4. The number of hydrogen-bond donors (Lipinski definition) is 3. The molecule has 10 nitrogen and oxygen atoms in total. The lowest BCUT2D eigenvalue weighted by atomic mass is 9.91. The number of cyclic esters (lactones) is 1. The highest BCUT2D eigenvalue weighted by Gasteiger charge is 2.49. The molecule has 0 aliphatic carbocycles. The van der Waals surface area contributed by atoms with Crippen LogP contribution in [0.4, 0.5) is 4.79 Å². The first kappa shape index (κ1) is 36.2. The van der Waals surface area contributed by atoms with E-state index in [9.17, 15) is 24.9 Å². The predicted octanol–water partition coefficient (Wildman–Crippen LogP) is 4.05. The van der Waals surface area contributed by atoms with Gasteiger partial charge in [0, 0.05) is 38.0 Å². The van der Waals surface area contributed by atoms with Crippen molar-refractivity contribution in [2.45, 2.75) is 110 Å². The standard InChI is InChI=1S/C34H56N2O8/c1-8-34(40,41)26(6)31-29(42-31)21-22(2)11-9-13-24(4)30-25(5)15-16-28(23(3)12-10-14-27(37)32(38)44-30)43-33(39)36-19-17-35(7)18-20-36/h9,11,13,15-16,22-23,25-31,37,40-41H,8,10,12,14,17-21H2,1-7H3/b11-9+,16-15+,24-13+. The molecule has 3 aliphatic rings. The van der Waals surface area contributed by atoms with Gasteiger partial charge in [-0.3, -0.25) is 0 Å². The monoisotopic (exact) mass is 620 g/mol. The smallest absolute Gasteiger partial charge is 0.410 e. The van der Waals surface area contributed by atoms with Gasteiger partial charge in [-0.15, -0.1) is 0 Å². The Bertz CT molecular complexity index is 1030. The Morgan fingerprint density at radius 3 is 2.50 bits per heavy atom. The average Bonchev–Trinajstić information content (AvgIpc) is 3.75. The van der Waals surface area contributed by atoms with E-state index in [2.05, 4.69) is 17.9 Å². The zero-order valence-electron chi connectivity index (χ0n) is 27.7. The SMILES string of the molecule is CCC(O)(O)C(C)C1OC1CC(C)/C=C/C=C(\C)C1OC(=O)C(O)CCCC(C)C(OC(=O)N2CCN(C)CC2)/C=C/C1C. The zero-order valence-corrected chi connectivity index (χ0v) is 27.7. The molecule has 9 unspecified atom stereocenters. The second-order valence-electron chi connectivity index (χ2n) is 13.3. The van der Waals surface area contributed by atoms with Crippen LogP contribution in [0.3, 0.4) is 0 Å². The van der Waals surface area contributed by atoms with Gasteiger partial charge in [0.15, 0.2) is 11.9 Å². The van der Waals surface area contributed by atoms with Crippen LogP contribution in [-0.4, -0.2) is 107 Å². The third-order valence-corrected chi connectivity index (χ3v) is 9.51. The number of rotatable bonds is 9. The van der Waals surface area contributed by atoms with Crippen molar-refractivity contribution in [3.63, 3.8) is 0 Å². The summed E-state index contributed by atoms with van der Waals surface area (Å²) in [6.07, 6.45) is 9.61. The molecule has 3 N–H and O–H groups in total. The number of aliphatic hydroxyl groups excluding tert-OH is 1. The third-order valence-electron chi connectivity index (χ3n) is 9.51. The van der Waals surface area contributed by atoms with Crippen LogP contribution in [0, 0.1) is 23.7 Å². The number of allylic oxidation sites excluding steroid dienone is 3. The van der Waals surface area contributed by atoms with Crippen LogP contribution >= 0.6 is 0 Å². The van der Waals surface area contributed by atoms with Crippen molar-refractivity contribution in [2.75, 3.05) is 33.2 Å². The minimum atomic E-state index is -1.73. The van der Waals surface area contributed by atoms with Gasteiger partial charge in [-0.1, -0.05) is 58.9 Å². The number of piperazine rings is 1. The summed E-state index contributed by atoms with van der Waals surface area (Å²) in [5, 5.41) is 30.8. The van der Waals surface area contributed by atoms with Crippen molar-refractivity contribution in [1.29, 1.82) is 0 Å². The van der Waals surface area contributed by atoms with Gasteiger partial charge in [0.25, 0.3) is 0 Å². The Morgan fingerprint density at radius 2 is 1.84 bits per heavy atom. The Balaban J connectivity index is 1.67. The summed E-state index contributed by atoms with van der Waals surface area (Å²) in [5.41, 5.74) is 0.824. The number of likely N-dealkylation sites (N-methyl/N-ethyl adjacent to an activating group) is 1. The molecule has 10 heteroatoms. The maximum absolute atomic E-state index is 13.0. The zero-order chi connectivity index (χ0) is 32.6. The van der Waals surface area contributed by atoms with E-state index in [0.717, 1.165) is 25.1 Å². The van der Waals surface area contributed by atoms with Gasteiger partial charge < -0.3 is 39.3 Å². The number of hydrogen-bond acceptors (Lipinski definition) is 9. The molecule has 9 atom stereocenters. The van der Waals surface area contributed by atoms with E-state index >= 15 is 0 Å². The Hall–Kier alpha value is -2.24. The number of carbonyl (C=O) groups is 2. The summed E-state index contributed by atoms with van der Waals surface area (Å²) in [6, 6.07) is 0. The first-order chi connectivity index (χ1) is 20.7. The lowest BCUT2D eigenvalue weighted by Gasteiger charge is -2.33. The summed E-state index contributed by atoms with van der Waals surface area (Å²) in [6.45, 7) is 14.4. The molecular formula is C34H56N2O8. The maximum atomic E-state index is 13.0. The highest BCUT2D eigenvalue weighted by Crippen LogP contribution is 2.39. The Labute approximate surface area is 263 Å². The first-order valence-electron chi connectivity index (χ1n) is 16.4. The maximum Gasteiger partial charge on any atom is 0.410 e. The quantitative estimate of drug-likeness (QED) is 0.115. The highest BCUT2D eigenvalue weighted by atomic mass is 16.6. The number of ether oxygens (including phenoxy) is 3. The fourth-order valence-electron chi connectivity index (χ4n) is 5.95. The van der Waals surface area contributed by atoms with Crippen molar-refractivity contribution < 1.29 is 39.1 Å². The summed E-state index contributed by atoms with van der Waals surface area (Å²) >= 11 is 0. The third kappa shape index (κ3) is 10.4. The molecule has 44 heavy (non-hydrogen) atoms. The van der Waals surface area contributed by atoms with Gasteiger partial charge in [-0.05, 0) is 69.6 Å². The van der Waals surface area contributed by atoms with E-state index in [0.29, 0.717) is 25.9 Å². The molecule has 3 rings (SSSR count). The molecule has 0 aromatic carbocycles. The van der Waals surface area contributed by atoms with Crippen LogP contribution in [0.1, 0.15) is 73.6 Å². The lowest BCUT2D eigenvalue weighted by Crippen LogP contribution is -2.48. The van der Waals surface area contributed by atoms with E-state index in [1.165, 1.54) is 0 Å². The second-order valence-corrected chi connectivity index (χ2v) is 13.3. The fraction of sp³-hybridized carbons (Fsp3) is 0.765. The van der Waals surface area contributed by atoms with Gasteiger partial charge >= 0.3 is 12.1 Å². The minimum absolute atomic E-state index is 0.0143. The summed E-state index contributed by atoms with van der Waals surface area (Å²) < 4.78 is 17.6. The van der Waals surface area contributed by atoms with Crippen molar-refractivity contribution in [3.05, 3.63) is 36.0 Å². The molecule has 0 aromatic heterocycles. The molecule has 0 spiro atoms. The Morgan fingerprint density at radius 1 is 1.16 bits per heavy atom. The topological polar surface area (TPSA) is 132 Å². The van der Waals surface area contributed by atoms with E-state index in [1.54, 1.807) is 18.7 Å². The average molecular weight is 621 g/mol.